The standard InChI is InChI=1S/C12H8BrN3O/c13-11-9(17)6-8-12(15-16-14-8)10(11)7-4-2-1-3-5-7/h1-6,17H,(H,14,15,16). The van der Waals surface area contributed by atoms with Gasteiger partial charge in [-0.05, 0) is 21.5 Å². The fourth-order valence-electron chi connectivity index (χ4n) is 1.82. The van der Waals surface area contributed by atoms with Crippen molar-refractivity contribution < 1.29 is 5.11 Å². The molecule has 0 fully saturated rings. The summed E-state index contributed by atoms with van der Waals surface area (Å²) < 4.78 is 0.630. The van der Waals surface area contributed by atoms with Gasteiger partial charge in [-0.2, -0.15) is 15.4 Å². The number of phenolic OH excluding ortho intramolecular Hbond substituents is 1. The molecule has 0 aliphatic carbocycles. The topological polar surface area (TPSA) is 61.8 Å². The van der Waals surface area contributed by atoms with E-state index in [1.807, 2.05) is 30.3 Å². The third kappa shape index (κ3) is 1.59. The van der Waals surface area contributed by atoms with E-state index in [1.165, 1.54) is 0 Å². The van der Waals surface area contributed by atoms with Gasteiger partial charge in [-0.25, -0.2) is 0 Å². The van der Waals surface area contributed by atoms with Crippen molar-refractivity contribution >= 4 is 27.0 Å². The van der Waals surface area contributed by atoms with Crippen LogP contribution in [0.25, 0.3) is 22.2 Å². The van der Waals surface area contributed by atoms with Crippen molar-refractivity contribution in [1.82, 2.24) is 15.4 Å². The van der Waals surface area contributed by atoms with Crippen LogP contribution >= 0.6 is 15.9 Å². The van der Waals surface area contributed by atoms with Crippen LogP contribution in [0.3, 0.4) is 0 Å². The summed E-state index contributed by atoms with van der Waals surface area (Å²) >= 11 is 3.39. The van der Waals surface area contributed by atoms with Crippen LogP contribution in [0.4, 0.5) is 0 Å². The summed E-state index contributed by atoms with van der Waals surface area (Å²) in [5, 5.41) is 20.5. The van der Waals surface area contributed by atoms with Gasteiger partial charge in [0.15, 0.2) is 0 Å². The Morgan fingerprint density at radius 3 is 2.65 bits per heavy atom. The highest BCUT2D eigenvalue weighted by atomic mass is 79.9. The quantitative estimate of drug-likeness (QED) is 0.724. The SMILES string of the molecule is Oc1cc2n[nH]nc2c(-c2ccccc2)c1Br. The number of aromatic amines is 1. The molecule has 0 bridgehead atoms. The maximum absolute atomic E-state index is 9.85. The summed E-state index contributed by atoms with van der Waals surface area (Å²) in [6.45, 7) is 0. The van der Waals surface area contributed by atoms with Crippen molar-refractivity contribution in [2.45, 2.75) is 0 Å². The summed E-state index contributed by atoms with van der Waals surface area (Å²) in [7, 11) is 0. The van der Waals surface area contributed by atoms with Gasteiger partial charge in [0.2, 0.25) is 0 Å². The molecular weight excluding hydrogens is 282 g/mol. The molecule has 0 radical (unpaired) electrons. The van der Waals surface area contributed by atoms with Gasteiger partial charge in [-0.15, -0.1) is 0 Å². The lowest BCUT2D eigenvalue weighted by molar-refractivity contribution is 0.473. The van der Waals surface area contributed by atoms with Gasteiger partial charge in [0.25, 0.3) is 0 Å². The summed E-state index contributed by atoms with van der Waals surface area (Å²) in [6, 6.07) is 11.3. The predicted octanol–water partition coefficient (Wildman–Crippen LogP) is 3.09. The van der Waals surface area contributed by atoms with Crippen LogP contribution in [0.2, 0.25) is 0 Å². The molecule has 3 rings (SSSR count). The second-order valence-electron chi connectivity index (χ2n) is 3.64. The van der Waals surface area contributed by atoms with Crippen LogP contribution in [-0.4, -0.2) is 20.5 Å². The molecule has 0 amide bonds. The van der Waals surface area contributed by atoms with Gasteiger partial charge >= 0.3 is 0 Å². The van der Waals surface area contributed by atoms with Crippen LogP contribution in [0, 0.1) is 0 Å². The number of phenols is 1. The Balaban J connectivity index is 2.42. The molecule has 4 nitrogen and oxygen atoms in total. The zero-order valence-electron chi connectivity index (χ0n) is 8.68. The van der Waals surface area contributed by atoms with Gasteiger partial charge < -0.3 is 5.11 Å². The monoisotopic (exact) mass is 289 g/mol. The molecule has 3 aromatic rings. The smallest absolute Gasteiger partial charge is 0.132 e. The van der Waals surface area contributed by atoms with Crippen molar-refractivity contribution in [2.24, 2.45) is 0 Å². The first-order chi connectivity index (χ1) is 8.27. The molecule has 1 aromatic heterocycles. The second-order valence-corrected chi connectivity index (χ2v) is 4.44. The van der Waals surface area contributed by atoms with Crippen molar-refractivity contribution in [2.75, 3.05) is 0 Å². The fourth-order valence-corrected chi connectivity index (χ4v) is 2.35. The molecule has 2 N–H and O–H groups in total. The van der Waals surface area contributed by atoms with E-state index in [1.54, 1.807) is 6.07 Å². The molecule has 1 heterocycles. The molecule has 0 aliphatic heterocycles. The van der Waals surface area contributed by atoms with E-state index >= 15 is 0 Å². The molecule has 0 saturated carbocycles. The van der Waals surface area contributed by atoms with E-state index in [2.05, 4.69) is 31.3 Å². The Morgan fingerprint density at radius 2 is 1.88 bits per heavy atom. The lowest BCUT2D eigenvalue weighted by Crippen LogP contribution is -1.84. The Kier molecular flexibility index (Phi) is 2.33. The van der Waals surface area contributed by atoms with Crippen LogP contribution in [0.15, 0.2) is 40.9 Å². The van der Waals surface area contributed by atoms with Crippen molar-refractivity contribution in [3.63, 3.8) is 0 Å². The van der Waals surface area contributed by atoms with Crippen molar-refractivity contribution in [1.29, 1.82) is 0 Å². The molecular formula is C12H8BrN3O. The largest absolute Gasteiger partial charge is 0.507 e. The minimum absolute atomic E-state index is 0.158. The molecule has 0 unspecified atom stereocenters. The zero-order valence-corrected chi connectivity index (χ0v) is 10.3. The molecule has 84 valence electrons. The van der Waals surface area contributed by atoms with E-state index < -0.39 is 0 Å². The molecule has 0 spiro atoms. The fraction of sp³-hybridized carbons (Fsp3) is 0. The summed E-state index contributed by atoms with van der Waals surface area (Å²) in [5.74, 6) is 0.158. The number of aromatic nitrogens is 3. The van der Waals surface area contributed by atoms with Crippen molar-refractivity contribution in [3.05, 3.63) is 40.9 Å². The number of fused-ring (bicyclic) bond motifs is 1. The van der Waals surface area contributed by atoms with Crippen LogP contribution in [-0.2, 0) is 0 Å². The first-order valence-corrected chi connectivity index (χ1v) is 5.84. The van der Waals surface area contributed by atoms with E-state index in [-0.39, 0.29) is 5.75 Å². The van der Waals surface area contributed by atoms with Gasteiger partial charge in [0, 0.05) is 11.6 Å². The second kappa shape index (κ2) is 3.85. The lowest BCUT2D eigenvalue weighted by atomic mass is 10.0. The molecule has 0 saturated heterocycles. The average molecular weight is 290 g/mol. The molecule has 5 heteroatoms. The maximum Gasteiger partial charge on any atom is 0.132 e. The first-order valence-electron chi connectivity index (χ1n) is 5.05. The minimum atomic E-state index is 0.158. The third-order valence-corrected chi connectivity index (χ3v) is 3.39. The molecule has 0 atom stereocenters. The summed E-state index contributed by atoms with van der Waals surface area (Å²) in [6.07, 6.45) is 0. The van der Waals surface area contributed by atoms with Crippen LogP contribution in [0.1, 0.15) is 0 Å². The molecule has 17 heavy (non-hydrogen) atoms. The highest BCUT2D eigenvalue weighted by molar-refractivity contribution is 9.10. The summed E-state index contributed by atoms with van der Waals surface area (Å²) in [4.78, 5) is 0. The maximum atomic E-state index is 9.85. The van der Waals surface area contributed by atoms with E-state index in [0.717, 1.165) is 16.6 Å². The number of H-pyrrole nitrogens is 1. The Hall–Kier alpha value is -1.88. The Morgan fingerprint density at radius 1 is 1.12 bits per heavy atom. The number of rotatable bonds is 1. The van der Waals surface area contributed by atoms with E-state index in [4.69, 9.17) is 0 Å². The Bertz CT molecular complexity index is 679. The summed E-state index contributed by atoms with van der Waals surface area (Å²) in [5.41, 5.74) is 3.20. The zero-order chi connectivity index (χ0) is 11.8. The third-order valence-electron chi connectivity index (χ3n) is 2.59. The van der Waals surface area contributed by atoms with Crippen molar-refractivity contribution in [3.8, 4) is 16.9 Å². The van der Waals surface area contributed by atoms with Gasteiger partial charge in [0.1, 0.15) is 16.8 Å². The first kappa shape index (κ1) is 10.3. The number of nitrogens with zero attached hydrogens (tertiary/aromatic N) is 2. The highest BCUT2D eigenvalue weighted by Crippen LogP contribution is 2.39. The minimum Gasteiger partial charge on any atom is -0.507 e. The number of nitrogens with one attached hydrogen (secondary N) is 1. The number of halogens is 1. The average Bonchev–Trinajstić information content (AvgIpc) is 2.79. The molecule has 2 aromatic carbocycles. The Labute approximate surface area is 105 Å². The predicted molar refractivity (Wildman–Crippen MR) is 68.7 cm³/mol. The number of hydrogen-bond donors (Lipinski definition) is 2. The lowest BCUT2D eigenvalue weighted by Gasteiger charge is -2.06. The normalized spacial score (nSPS) is 10.9. The van der Waals surface area contributed by atoms with Crippen LogP contribution in [0.5, 0.6) is 5.75 Å². The van der Waals surface area contributed by atoms with Crippen LogP contribution < -0.4 is 0 Å². The molecule has 0 aliphatic rings. The highest BCUT2D eigenvalue weighted by Gasteiger charge is 2.15. The van der Waals surface area contributed by atoms with E-state index in [0.29, 0.717) is 9.99 Å². The number of aromatic hydroxyl groups is 1. The van der Waals surface area contributed by atoms with E-state index in [9.17, 15) is 5.11 Å². The number of benzene rings is 2. The number of hydrogen-bond acceptors (Lipinski definition) is 3. The van der Waals surface area contributed by atoms with Gasteiger partial charge in [0.05, 0.1) is 4.47 Å². The van der Waals surface area contributed by atoms with Gasteiger partial charge in [-0.1, -0.05) is 30.3 Å². The van der Waals surface area contributed by atoms with Gasteiger partial charge in [-0.3, -0.25) is 0 Å².